The van der Waals surface area contributed by atoms with Crippen LogP contribution in [0.25, 0.3) is 22.3 Å². The third-order valence-corrected chi connectivity index (χ3v) is 4.33. The van der Waals surface area contributed by atoms with Gasteiger partial charge in [0.25, 0.3) is 0 Å². The molecule has 1 heterocycles. The van der Waals surface area contributed by atoms with Crippen LogP contribution in [0.1, 0.15) is 11.3 Å². The first-order chi connectivity index (χ1) is 13.0. The van der Waals surface area contributed by atoms with Crippen LogP contribution in [0.4, 0.5) is 8.78 Å². The molecule has 0 bridgehead atoms. The van der Waals surface area contributed by atoms with E-state index in [-0.39, 0.29) is 22.0 Å². The van der Waals surface area contributed by atoms with Gasteiger partial charge < -0.3 is 4.74 Å². The summed E-state index contributed by atoms with van der Waals surface area (Å²) in [6.07, 6.45) is 0. The number of aromatic nitrogens is 2. The predicted octanol–water partition coefficient (Wildman–Crippen LogP) is 5.61. The lowest BCUT2D eigenvalue weighted by atomic mass is 9.93. The molecule has 0 saturated carbocycles. The van der Waals surface area contributed by atoms with Crippen molar-refractivity contribution in [3.05, 3.63) is 64.4 Å². The van der Waals surface area contributed by atoms with Gasteiger partial charge in [-0.05, 0) is 42.1 Å². The van der Waals surface area contributed by atoms with Crippen molar-refractivity contribution in [1.29, 1.82) is 0 Å². The molecular weight excluding hydrogens is 393 g/mol. The van der Waals surface area contributed by atoms with E-state index in [1.165, 1.54) is 7.11 Å². The van der Waals surface area contributed by atoms with E-state index in [0.717, 1.165) is 12.1 Å². The molecule has 0 atom stereocenters. The van der Waals surface area contributed by atoms with Gasteiger partial charge in [0.15, 0.2) is 5.15 Å². The Morgan fingerprint density at radius 3 is 2.15 bits per heavy atom. The van der Waals surface area contributed by atoms with Crippen molar-refractivity contribution in [2.75, 3.05) is 7.11 Å². The third-order valence-electron chi connectivity index (χ3n) is 3.97. The van der Waals surface area contributed by atoms with Gasteiger partial charge in [0.05, 0.1) is 18.4 Å². The summed E-state index contributed by atoms with van der Waals surface area (Å²) in [5.41, 5.74) is 2.14. The third kappa shape index (κ3) is 3.73. The van der Waals surface area contributed by atoms with Crippen LogP contribution in [-0.4, -0.2) is 17.3 Å². The molecule has 0 unspecified atom stereocenters. The summed E-state index contributed by atoms with van der Waals surface area (Å²) in [6.45, 7) is 1.69. The number of nitrogens with zero attached hydrogens (tertiary/aromatic N) is 2. The topological polar surface area (TPSA) is 35.0 Å². The molecule has 27 heavy (non-hydrogen) atoms. The number of rotatable bonds is 3. The Morgan fingerprint density at radius 1 is 0.963 bits per heavy atom. The lowest BCUT2D eigenvalue weighted by Gasteiger charge is -2.15. The fourth-order valence-corrected chi connectivity index (χ4v) is 3.10. The molecule has 7 heteroatoms. The van der Waals surface area contributed by atoms with Gasteiger partial charge in [-0.1, -0.05) is 23.7 Å². The van der Waals surface area contributed by atoms with Crippen molar-refractivity contribution in [2.45, 2.75) is 6.92 Å². The summed E-state index contributed by atoms with van der Waals surface area (Å²) in [7, 11) is 1.33. The van der Waals surface area contributed by atoms with E-state index in [4.69, 9.17) is 27.9 Å². The minimum Gasteiger partial charge on any atom is -0.497 e. The van der Waals surface area contributed by atoms with E-state index in [2.05, 4.69) is 21.5 Å². The number of ether oxygens (including phenoxy) is 1. The molecule has 0 amide bonds. The Bertz CT molecular complexity index is 1050. The summed E-state index contributed by atoms with van der Waals surface area (Å²) in [5.74, 6) is 1.16. The van der Waals surface area contributed by atoms with Crippen LogP contribution in [0, 0.1) is 29.9 Å². The summed E-state index contributed by atoms with van der Waals surface area (Å²) in [4.78, 5) is 0. The average Bonchev–Trinajstić information content (AvgIpc) is 2.65. The molecule has 0 spiro atoms. The monoisotopic (exact) mass is 404 g/mol. The molecule has 3 aromatic rings. The van der Waals surface area contributed by atoms with Gasteiger partial charge in [-0.15, -0.1) is 5.10 Å². The number of methoxy groups -OCH3 is 1. The van der Waals surface area contributed by atoms with Gasteiger partial charge in [-0.3, -0.25) is 0 Å². The molecule has 0 N–H and O–H groups in total. The molecule has 1 aromatic heterocycles. The van der Waals surface area contributed by atoms with E-state index in [9.17, 15) is 8.78 Å². The Labute approximate surface area is 164 Å². The first-order valence-corrected chi connectivity index (χ1v) is 8.50. The van der Waals surface area contributed by atoms with E-state index >= 15 is 0 Å². The molecule has 0 aliphatic carbocycles. The largest absolute Gasteiger partial charge is 0.497 e. The Kier molecular flexibility index (Phi) is 5.59. The highest BCUT2D eigenvalue weighted by molar-refractivity contribution is 6.33. The standard InChI is InChI=1S/C20H12Cl2F2N2O/c1-11-17(13-5-3-12(4-6-13)7-8-21)19(20(22)26-25-11)18-15(23)9-14(27-2)10-16(18)24/h3-6,9-10H,1-2H3. The van der Waals surface area contributed by atoms with Crippen molar-refractivity contribution < 1.29 is 13.5 Å². The fourth-order valence-electron chi connectivity index (χ4n) is 2.77. The zero-order valence-electron chi connectivity index (χ0n) is 14.3. The van der Waals surface area contributed by atoms with Crippen molar-refractivity contribution in [2.24, 2.45) is 0 Å². The van der Waals surface area contributed by atoms with Crippen molar-refractivity contribution >= 4 is 23.2 Å². The van der Waals surface area contributed by atoms with Crippen LogP contribution in [0.15, 0.2) is 36.4 Å². The van der Waals surface area contributed by atoms with E-state index in [1.54, 1.807) is 31.2 Å². The molecule has 3 rings (SSSR count). The number of hydrogen-bond acceptors (Lipinski definition) is 3. The minimum absolute atomic E-state index is 0.0640. The first kappa shape index (κ1) is 19.1. The quantitative estimate of drug-likeness (QED) is 0.532. The highest BCUT2D eigenvalue weighted by Crippen LogP contribution is 2.41. The van der Waals surface area contributed by atoms with Crippen LogP contribution in [-0.2, 0) is 0 Å². The van der Waals surface area contributed by atoms with Crippen LogP contribution in [0.5, 0.6) is 5.75 Å². The maximum Gasteiger partial charge on any atom is 0.160 e. The normalized spacial score (nSPS) is 10.3. The molecule has 0 aliphatic heterocycles. The zero-order valence-corrected chi connectivity index (χ0v) is 15.8. The van der Waals surface area contributed by atoms with Crippen molar-refractivity contribution in [3.8, 4) is 39.3 Å². The van der Waals surface area contributed by atoms with Gasteiger partial charge in [0.2, 0.25) is 0 Å². The average molecular weight is 405 g/mol. The van der Waals surface area contributed by atoms with Gasteiger partial charge in [-0.25, -0.2) is 8.78 Å². The maximum atomic E-state index is 14.7. The van der Waals surface area contributed by atoms with Crippen molar-refractivity contribution in [1.82, 2.24) is 10.2 Å². The Hall–Kier alpha value is -2.68. The molecule has 0 aliphatic rings. The number of hydrogen-bond donors (Lipinski definition) is 0. The smallest absolute Gasteiger partial charge is 0.160 e. The van der Waals surface area contributed by atoms with Gasteiger partial charge >= 0.3 is 0 Å². The lowest BCUT2D eigenvalue weighted by molar-refractivity contribution is 0.407. The number of aryl methyl sites for hydroxylation is 1. The number of halogens is 4. The molecule has 2 aromatic carbocycles. The summed E-state index contributed by atoms with van der Waals surface area (Å²) < 4.78 is 34.3. The van der Waals surface area contributed by atoms with Crippen LogP contribution >= 0.6 is 23.2 Å². The minimum atomic E-state index is -0.813. The summed E-state index contributed by atoms with van der Waals surface area (Å²) >= 11 is 11.6. The van der Waals surface area contributed by atoms with E-state index in [1.807, 2.05) is 0 Å². The molecule has 0 radical (unpaired) electrons. The molecule has 3 nitrogen and oxygen atoms in total. The van der Waals surface area contributed by atoms with Gasteiger partial charge in [0.1, 0.15) is 17.4 Å². The fraction of sp³-hybridized carbons (Fsp3) is 0.100. The second-order valence-corrected chi connectivity index (χ2v) is 6.14. The van der Waals surface area contributed by atoms with Crippen molar-refractivity contribution in [3.63, 3.8) is 0 Å². The summed E-state index contributed by atoms with van der Waals surface area (Å²) in [5, 5.41) is 10.0. The predicted molar refractivity (Wildman–Crippen MR) is 102 cm³/mol. The number of benzene rings is 2. The second-order valence-electron chi connectivity index (χ2n) is 5.59. The highest BCUT2D eigenvalue weighted by atomic mass is 35.5. The second kappa shape index (κ2) is 7.91. The highest BCUT2D eigenvalue weighted by Gasteiger charge is 2.23. The van der Waals surface area contributed by atoms with Gasteiger partial charge in [-0.2, -0.15) is 5.10 Å². The lowest BCUT2D eigenvalue weighted by Crippen LogP contribution is -2.01. The summed E-state index contributed by atoms with van der Waals surface area (Å²) in [6, 6.07) is 9.16. The van der Waals surface area contributed by atoms with E-state index < -0.39 is 11.6 Å². The first-order valence-electron chi connectivity index (χ1n) is 7.74. The van der Waals surface area contributed by atoms with Crippen LogP contribution < -0.4 is 4.74 Å². The Morgan fingerprint density at radius 2 is 1.59 bits per heavy atom. The maximum absolute atomic E-state index is 14.7. The molecule has 136 valence electrons. The molecule has 0 fully saturated rings. The molecule has 0 saturated heterocycles. The zero-order chi connectivity index (χ0) is 19.6. The van der Waals surface area contributed by atoms with E-state index in [0.29, 0.717) is 22.4 Å². The van der Waals surface area contributed by atoms with Crippen LogP contribution in [0.3, 0.4) is 0 Å². The Balaban J connectivity index is 2.29. The SMILES string of the molecule is COc1cc(F)c(-c2c(Cl)nnc(C)c2-c2ccc(C#CCl)cc2)c(F)c1. The van der Waals surface area contributed by atoms with Gasteiger partial charge in [0, 0.05) is 34.2 Å². The molecular formula is C20H12Cl2F2N2O. The van der Waals surface area contributed by atoms with Crippen LogP contribution in [0.2, 0.25) is 5.15 Å².